The third-order valence-corrected chi connectivity index (χ3v) is 3.61. The number of nitrogens with one attached hydrogen (secondary N) is 2. The van der Waals surface area contributed by atoms with Crippen molar-refractivity contribution in [2.45, 2.75) is 0 Å². The van der Waals surface area contributed by atoms with Gasteiger partial charge in [0.1, 0.15) is 0 Å². The Kier molecular flexibility index (Phi) is 3.47. The Hall–Kier alpha value is -1.47. The highest BCUT2D eigenvalue weighted by molar-refractivity contribution is 8.87. The molecule has 1 aliphatic heterocycles. The molecule has 1 aromatic rings. The third kappa shape index (κ3) is 2.77. The second-order valence-electron chi connectivity index (χ2n) is 2.80. The lowest BCUT2D eigenvalue weighted by Crippen LogP contribution is -2.26. The quantitative estimate of drug-likeness (QED) is 0.791. The normalized spacial score (nSPS) is 15.0. The van der Waals surface area contributed by atoms with Crippen molar-refractivity contribution in [2.75, 3.05) is 5.32 Å². The minimum Gasteiger partial charge on any atom is -0.320 e. The zero-order chi connectivity index (χ0) is 11.4. The van der Waals surface area contributed by atoms with Gasteiger partial charge in [-0.2, -0.15) is 5.10 Å². The molecule has 0 unspecified atom stereocenters. The van der Waals surface area contributed by atoms with Crippen molar-refractivity contribution in [3.05, 3.63) is 30.3 Å². The lowest BCUT2D eigenvalue weighted by atomic mass is 10.3. The van der Waals surface area contributed by atoms with E-state index in [0.717, 1.165) is 21.6 Å². The Morgan fingerprint density at radius 1 is 1.25 bits per heavy atom. The predicted molar refractivity (Wildman–Crippen MR) is 66.2 cm³/mol. The van der Waals surface area contributed by atoms with E-state index in [1.54, 1.807) is 12.1 Å². The van der Waals surface area contributed by atoms with Crippen LogP contribution in [0.1, 0.15) is 0 Å². The maximum atomic E-state index is 11.6. The summed E-state index contributed by atoms with van der Waals surface area (Å²) in [5, 5.41) is 6.28. The van der Waals surface area contributed by atoms with Gasteiger partial charge in [0, 0.05) is 16.5 Å². The van der Waals surface area contributed by atoms with Gasteiger partial charge in [-0.05, 0) is 22.9 Å². The van der Waals surface area contributed by atoms with Gasteiger partial charge < -0.3 is 5.32 Å². The summed E-state index contributed by atoms with van der Waals surface area (Å²) in [7, 11) is 1.98. The van der Waals surface area contributed by atoms with Gasteiger partial charge in [0.25, 0.3) is 5.91 Å². The van der Waals surface area contributed by atoms with E-state index in [4.69, 9.17) is 0 Å². The van der Waals surface area contributed by atoms with E-state index in [2.05, 4.69) is 15.8 Å². The molecule has 0 radical (unpaired) electrons. The van der Waals surface area contributed by atoms with Crippen molar-refractivity contribution >= 4 is 43.5 Å². The van der Waals surface area contributed by atoms with Crippen LogP contribution in [0.15, 0.2) is 35.4 Å². The molecule has 0 saturated heterocycles. The van der Waals surface area contributed by atoms with Crippen LogP contribution < -0.4 is 10.7 Å². The summed E-state index contributed by atoms with van der Waals surface area (Å²) in [6.07, 6.45) is 0. The number of amides is 2. The van der Waals surface area contributed by atoms with Gasteiger partial charge in [0.05, 0.1) is 0 Å². The van der Waals surface area contributed by atoms with E-state index >= 15 is 0 Å². The topological polar surface area (TPSA) is 70.6 Å². The lowest BCUT2D eigenvalue weighted by molar-refractivity contribution is -0.110. The van der Waals surface area contributed by atoms with Crippen LogP contribution in [-0.4, -0.2) is 16.2 Å². The first kappa shape index (κ1) is 11.0. The van der Waals surface area contributed by atoms with E-state index in [9.17, 15) is 9.59 Å². The van der Waals surface area contributed by atoms with Crippen LogP contribution in [-0.2, 0) is 4.79 Å². The van der Waals surface area contributed by atoms with Crippen molar-refractivity contribution in [1.29, 1.82) is 0 Å². The summed E-state index contributed by atoms with van der Waals surface area (Å²) in [5.74, 6) is -0.330. The number of nitrogens with zero attached hydrogens (tertiary/aromatic N) is 1. The van der Waals surface area contributed by atoms with E-state index in [1.807, 2.05) is 18.2 Å². The summed E-state index contributed by atoms with van der Waals surface area (Å²) in [5.41, 5.74) is 2.92. The zero-order valence-electron chi connectivity index (χ0n) is 7.97. The molecule has 1 aromatic carbocycles. The summed E-state index contributed by atoms with van der Waals surface area (Å²) in [6.45, 7) is 0. The number of benzene rings is 1. The Morgan fingerprint density at radius 2 is 2.00 bits per heavy atom. The van der Waals surface area contributed by atoms with Crippen molar-refractivity contribution < 1.29 is 9.59 Å². The second-order valence-corrected chi connectivity index (χ2v) is 4.89. The van der Waals surface area contributed by atoms with Crippen LogP contribution in [0.3, 0.4) is 0 Å². The molecule has 2 amide bonds. The SMILES string of the molecule is O=C1NN=C(C(=O)Nc2ccccc2)SS1. The van der Waals surface area contributed by atoms with Gasteiger partial charge in [0.2, 0.25) is 0 Å². The highest BCUT2D eigenvalue weighted by atomic mass is 33.1. The molecule has 1 aliphatic rings. The standard InChI is InChI=1S/C9H7N3O2S2/c13-7(8-11-12-9(14)16-15-8)10-6-4-2-1-3-5-6/h1-5H,(H,10,13)(H,12,14). The molecule has 0 aliphatic carbocycles. The fourth-order valence-electron chi connectivity index (χ4n) is 1.01. The van der Waals surface area contributed by atoms with Crippen LogP contribution in [0.2, 0.25) is 0 Å². The maximum absolute atomic E-state index is 11.6. The van der Waals surface area contributed by atoms with Crippen LogP contribution >= 0.6 is 21.6 Å². The molecule has 82 valence electrons. The van der Waals surface area contributed by atoms with Crippen molar-refractivity contribution in [3.63, 3.8) is 0 Å². The highest BCUT2D eigenvalue weighted by Gasteiger charge is 2.19. The molecule has 0 aromatic heterocycles. The van der Waals surface area contributed by atoms with Crippen molar-refractivity contribution in [2.24, 2.45) is 5.10 Å². The van der Waals surface area contributed by atoms with Crippen LogP contribution in [0.5, 0.6) is 0 Å². The monoisotopic (exact) mass is 253 g/mol. The molecule has 7 heteroatoms. The Morgan fingerprint density at radius 3 is 2.62 bits per heavy atom. The average molecular weight is 253 g/mol. The summed E-state index contributed by atoms with van der Waals surface area (Å²) in [4.78, 5) is 22.4. The summed E-state index contributed by atoms with van der Waals surface area (Å²) in [6, 6.07) is 9.05. The largest absolute Gasteiger partial charge is 0.320 e. The number of hydrogen-bond donors (Lipinski definition) is 2. The number of para-hydroxylation sites is 1. The van der Waals surface area contributed by atoms with Crippen LogP contribution in [0.4, 0.5) is 10.5 Å². The fraction of sp³-hybridized carbons (Fsp3) is 0. The number of carbonyl (C=O) groups is 2. The Balaban J connectivity index is 2.01. The van der Waals surface area contributed by atoms with Crippen molar-refractivity contribution in [1.82, 2.24) is 5.43 Å². The predicted octanol–water partition coefficient (Wildman–Crippen LogP) is 2.04. The Bertz CT molecular complexity index is 447. The van der Waals surface area contributed by atoms with E-state index in [0.29, 0.717) is 5.69 Å². The molecule has 5 nitrogen and oxygen atoms in total. The van der Waals surface area contributed by atoms with Crippen molar-refractivity contribution in [3.8, 4) is 0 Å². The van der Waals surface area contributed by atoms with E-state index in [1.165, 1.54) is 0 Å². The minimum absolute atomic E-state index is 0.230. The van der Waals surface area contributed by atoms with Crippen LogP contribution in [0.25, 0.3) is 0 Å². The summed E-state index contributed by atoms with van der Waals surface area (Å²) >= 11 is 0. The zero-order valence-corrected chi connectivity index (χ0v) is 9.60. The summed E-state index contributed by atoms with van der Waals surface area (Å²) < 4.78 is 0. The molecular formula is C9H7N3O2S2. The van der Waals surface area contributed by atoms with Gasteiger partial charge >= 0.3 is 5.24 Å². The number of anilines is 1. The van der Waals surface area contributed by atoms with Gasteiger partial charge in [0.15, 0.2) is 5.04 Å². The molecule has 1 heterocycles. The molecule has 0 fully saturated rings. The molecule has 2 rings (SSSR count). The highest BCUT2D eigenvalue weighted by Crippen LogP contribution is 2.27. The third-order valence-electron chi connectivity index (χ3n) is 1.67. The first-order chi connectivity index (χ1) is 7.75. The molecule has 0 spiro atoms. The number of hydrogen-bond acceptors (Lipinski definition) is 5. The first-order valence-corrected chi connectivity index (χ1v) is 6.49. The fourth-order valence-corrected chi connectivity index (χ4v) is 2.37. The van der Waals surface area contributed by atoms with Gasteiger partial charge in [-0.15, -0.1) is 0 Å². The van der Waals surface area contributed by atoms with Crippen LogP contribution in [0, 0.1) is 0 Å². The molecule has 0 bridgehead atoms. The number of carbonyl (C=O) groups excluding carboxylic acids is 2. The van der Waals surface area contributed by atoms with Gasteiger partial charge in [-0.3, -0.25) is 9.59 Å². The lowest BCUT2D eigenvalue weighted by Gasteiger charge is -2.10. The molecule has 0 atom stereocenters. The first-order valence-electron chi connectivity index (χ1n) is 4.34. The molecule has 16 heavy (non-hydrogen) atoms. The minimum atomic E-state index is -0.330. The van der Waals surface area contributed by atoms with E-state index < -0.39 is 0 Å². The molecular weight excluding hydrogens is 246 g/mol. The second kappa shape index (κ2) is 5.04. The number of hydrazone groups is 1. The van der Waals surface area contributed by atoms with Gasteiger partial charge in [-0.1, -0.05) is 18.2 Å². The van der Waals surface area contributed by atoms with Gasteiger partial charge in [-0.25, -0.2) is 5.43 Å². The van der Waals surface area contributed by atoms with E-state index in [-0.39, 0.29) is 16.2 Å². The average Bonchev–Trinajstić information content (AvgIpc) is 2.31. The number of rotatable bonds is 2. The maximum Gasteiger partial charge on any atom is 0.310 e. The molecule has 2 N–H and O–H groups in total. The Labute approximate surface area is 99.5 Å². The smallest absolute Gasteiger partial charge is 0.310 e. The molecule has 0 saturated carbocycles.